The van der Waals surface area contributed by atoms with Gasteiger partial charge in [-0.15, -0.1) is 0 Å². The van der Waals surface area contributed by atoms with Crippen LogP contribution in [0.4, 0.5) is 0 Å². The van der Waals surface area contributed by atoms with Gasteiger partial charge in [0.15, 0.2) is 13.2 Å². The van der Waals surface area contributed by atoms with E-state index in [1.807, 2.05) is 44.2 Å². The number of benzene rings is 3. The summed E-state index contributed by atoms with van der Waals surface area (Å²) in [4.78, 5) is 24.6. The molecule has 6 nitrogen and oxygen atoms in total. The summed E-state index contributed by atoms with van der Waals surface area (Å²) in [5.41, 5.74) is 1.18. The molecule has 0 aliphatic rings. The van der Waals surface area contributed by atoms with Crippen molar-refractivity contribution in [2.45, 2.75) is 65.7 Å². The van der Waals surface area contributed by atoms with E-state index in [0.29, 0.717) is 24.7 Å². The lowest BCUT2D eigenvalue weighted by molar-refractivity contribution is -0.146. The summed E-state index contributed by atoms with van der Waals surface area (Å²) in [6, 6.07) is 13.9. The van der Waals surface area contributed by atoms with Gasteiger partial charge in [-0.05, 0) is 37.3 Å². The largest absolute Gasteiger partial charge is 0.481 e. The highest BCUT2D eigenvalue weighted by molar-refractivity contribution is 6.11. The number of hydrogen-bond acceptors (Lipinski definition) is 6. The first kappa shape index (κ1) is 27.3. The third-order valence-electron chi connectivity index (χ3n) is 6.00. The van der Waals surface area contributed by atoms with Gasteiger partial charge in [0, 0.05) is 21.5 Å². The number of hydrogen-bond donors (Lipinski definition) is 0. The maximum atomic E-state index is 12.3. The fourth-order valence-electron chi connectivity index (χ4n) is 4.00. The van der Waals surface area contributed by atoms with E-state index in [1.54, 1.807) is 0 Å². The van der Waals surface area contributed by atoms with E-state index in [-0.39, 0.29) is 13.2 Å². The van der Waals surface area contributed by atoms with Gasteiger partial charge in [-0.3, -0.25) is 0 Å². The first-order valence-electron chi connectivity index (χ1n) is 13.1. The van der Waals surface area contributed by atoms with Crippen LogP contribution in [-0.4, -0.2) is 38.4 Å². The van der Waals surface area contributed by atoms with Crippen molar-refractivity contribution in [3.05, 3.63) is 48.0 Å². The van der Waals surface area contributed by atoms with Crippen molar-refractivity contribution in [2.75, 3.05) is 26.4 Å². The molecule has 0 saturated heterocycles. The molecule has 0 unspecified atom stereocenters. The minimum atomic E-state index is -0.393. The number of esters is 2. The average Bonchev–Trinajstić information content (AvgIpc) is 2.89. The maximum Gasteiger partial charge on any atom is 0.344 e. The van der Waals surface area contributed by atoms with Crippen LogP contribution in [0.2, 0.25) is 0 Å². The molecule has 3 rings (SSSR count). The van der Waals surface area contributed by atoms with Crippen LogP contribution in [-0.2, 0) is 25.5 Å². The van der Waals surface area contributed by atoms with Gasteiger partial charge in [0.2, 0.25) is 0 Å². The molecule has 0 aliphatic heterocycles. The second-order valence-electron chi connectivity index (χ2n) is 8.91. The Balaban J connectivity index is 1.99. The van der Waals surface area contributed by atoms with E-state index in [9.17, 15) is 9.59 Å². The van der Waals surface area contributed by atoms with Crippen LogP contribution in [0.1, 0.15) is 64.9 Å². The molecule has 0 aromatic heterocycles. The Kier molecular flexibility index (Phi) is 10.9. The molecule has 0 atom stereocenters. The van der Waals surface area contributed by atoms with Crippen LogP contribution in [0.25, 0.3) is 21.5 Å². The monoisotopic (exact) mass is 494 g/mol. The number of unbranched alkanes of at least 4 members (excludes halogenated alkanes) is 3. The van der Waals surface area contributed by atoms with E-state index in [2.05, 4.69) is 19.1 Å². The van der Waals surface area contributed by atoms with Crippen molar-refractivity contribution >= 4 is 33.5 Å². The predicted octanol–water partition coefficient (Wildman–Crippen LogP) is 6.78. The summed E-state index contributed by atoms with van der Waals surface area (Å²) in [5.74, 6) is 0.436. The van der Waals surface area contributed by atoms with Gasteiger partial charge < -0.3 is 18.9 Å². The number of fused-ring (bicyclic) bond motifs is 2. The Bertz CT molecular complexity index is 1150. The third kappa shape index (κ3) is 7.36. The second-order valence-corrected chi connectivity index (χ2v) is 8.91. The number of ether oxygens (including phenoxy) is 4. The van der Waals surface area contributed by atoms with E-state index >= 15 is 0 Å². The molecule has 3 aromatic rings. The zero-order chi connectivity index (χ0) is 25.8. The van der Waals surface area contributed by atoms with E-state index in [4.69, 9.17) is 18.9 Å². The molecule has 0 heterocycles. The molecule has 0 amide bonds. The topological polar surface area (TPSA) is 71.1 Å². The standard InChI is InChI=1S/C30H38O6/c1-4-7-12-22-15-16-25-26(19-22)30(36-21-28(32)34-18-9-6-3)24-14-11-10-13-23(24)29(25)35-20-27(31)33-17-8-5-2/h10-11,13-16,19H,4-9,12,17-18,20-21H2,1-3H3. The van der Waals surface area contributed by atoms with Crippen LogP contribution >= 0.6 is 0 Å². The van der Waals surface area contributed by atoms with Crippen LogP contribution in [0.5, 0.6) is 11.5 Å². The van der Waals surface area contributed by atoms with Crippen molar-refractivity contribution in [1.29, 1.82) is 0 Å². The van der Waals surface area contributed by atoms with Crippen molar-refractivity contribution < 1.29 is 28.5 Å². The summed E-state index contributed by atoms with van der Waals surface area (Å²) < 4.78 is 22.8. The number of aryl methyl sites for hydroxylation is 1. The molecular formula is C30H38O6. The molecule has 36 heavy (non-hydrogen) atoms. The van der Waals surface area contributed by atoms with Crippen LogP contribution in [0.3, 0.4) is 0 Å². The lowest BCUT2D eigenvalue weighted by atomic mass is 9.97. The zero-order valence-electron chi connectivity index (χ0n) is 21.8. The highest BCUT2D eigenvalue weighted by Crippen LogP contribution is 2.43. The fraction of sp³-hybridized carbons (Fsp3) is 0.467. The molecule has 0 spiro atoms. The van der Waals surface area contributed by atoms with E-state index in [0.717, 1.165) is 66.5 Å². The molecule has 0 fully saturated rings. The molecular weight excluding hydrogens is 456 g/mol. The number of carbonyl (C=O) groups is 2. The van der Waals surface area contributed by atoms with Crippen molar-refractivity contribution in [2.24, 2.45) is 0 Å². The van der Waals surface area contributed by atoms with Gasteiger partial charge in [0.1, 0.15) is 11.5 Å². The Labute approximate surface area is 213 Å². The highest BCUT2D eigenvalue weighted by atomic mass is 16.6. The summed E-state index contributed by atoms with van der Waals surface area (Å²) >= 11 is 0. The molecule has 0 bridgehead atoms. The first-order valence-corrected chi connectivity index (χ1v) is 13.1. The van der Waals surface area contributed by atoms with Crippen molar-refractivity contribution in [3.8, 4) is 11.5 Å². The molecule has 6 heteroatoms. The number of carbonyl (C=O) groups excluding carboxylic acids is 2. The lowest BCUT2D eigenvalue weighted by Crippen LogP contribution is -2.17. The Morgan fingerprint density at radius 2 is 1.14 bits per heavy atom. The van der Waals surface area contributed by atoms with Gasteiger partial charge in [0.25, 0.3) is 0 Å². The lowest BCUT2D eigenvalue weighted by Gasteiger charge is -2.18. The summed E-state index contributed by atoms with van der Waals surface area (Å²) in [6.45, 7) is 6.69. The van der Waals surface area contributed by atoms with Crippen molar-refractivity contribution in [1.82, 2.24) is 0 Å². The maximum absolute atomic E-state index is 12.3. The quantitative estimate of drug-likeness (QED) is 0.132. The van der Waals surface area contributed by atoms with Gasteiger partial charge in [-0.2, -0.15) is 0 Å². The van der Waals surface area contributed by atoms with Crippen LogP contribution in [0, 0.1) is 0 Å². The molecule has 3 aromatic carbocycles. The average molecular weight is 495 g/mol. The van der Waals surface area contributed by atoms with Gasteiger partial charge in [-0.25, -0.2) is 9.59 Å². The Hall–Kier alpha value is -3.28. The molecule has 0 N–H and O–H groups in total. The summed E-state index contributed by atoms with van der Waals surface area (Å²) in [5, 5.41) is 3.29. The molecule has 194 valence electrons. The first-order chi connectivity index (χ1) is 17.6. The van der Waals surface area contributed by atoms with E-state index < -0.39 is 11.9 Å². The summed E-state index contributed by atoms with van der Waals surface area (Å²) in [6.07, 6.45) is 6.67. The van der Waals surface area contributed by atoms with Gasteiger partial charge in [-0.1, -0.05) is 76.4 Å². The van der Waals surface area contributed by atoms with Crippen LogP contribution < -0.4 is 9.47 Å². The zero-order valence-corrected chi connectivity index (χ0v) is 21.8. The third-order valence-corrected chi connectivity index (χ3v) is 6.00. The van der Waals surface area contributed by atoms with Gasteiger partial charge >= 0.3 is 11.9 Å². The number of rotatable bonds is 15. The predicted molar refractivity (Wildman–Crippen MR) is 143 cm³/mol. The normalized spacial score (nSPS) is 11.0. The van der Waals surface area contributed by atoms with E-state index in [1.165, 1.54) is 5.56 Å². The fourth-order valence-corrected chi connectivity index (χ4v) is 4.00. The minimum absolute atomic E-state index is 0.175. The summed E-state index contributed by atoms with van der Waals surface area (Å²) in [7, 11) is 0. The Morgan fingerprint density at radius 3 is 1.67 bits per heavy atom. The van der Waals surface area contributed by atoms with Crippen LogP contribution in [0.15, 0.2) is 42.5 Å². The minimum Gasteiger partial charge on any atom is -0.481 e. The SMILES string of the molecule is CCCCOC(=O)COc1c2ccccc2c(OCC(=O)OCCCC)c2cc(CCCC)ccc12. The van der Waals surface area contributed by atoms with Gasteiger partial charge in [0.05, 0.1) is 13.2 Å². The Morgan fingerprint density at radius 1 is 0.639 bits per heavy atom. The second kappa shape index (κ2) is 14.3. The molecule has 0 saturated carbocycles. The molecule has 0 aliphatic carbocycles. The molecule has 0 radical (unpaired) electrons. The smallest absolute Gasteiger partial charge is 0.344 e. The van der Waals surface area contributed by atoms with Crippen molar-refractivity contribution in [3.63, 3.8) is 0 Å². The highest BCUT2D eigenvalue weighted by Gasteiger charge is 2.19.